The Hall–Kier alpha value is -4.45. The van der Waals surface area contributed by atoms with Gasteiger partial charge in [0.15, 0.2) is 6.10 Å². The predicted octanol–water partition coefficient (Wildman–Crippen LogP) is 16.3. The second-order valence-electron chi connectivity index (χ2n) is 15.6. The molecular formula is C57H88O6. The predicted molar refractivity (Wildman–Crippen MR) is 269 cm³/mol. The SMILES string of the molecule is CC/C=C\C/C=C\C/C=C\C/C=C\C/C=C\CCCCCC(=O)OCC(COC(=O)C/C=C\C/C=C\C/C=C\CC)OC(=O)CCC/C=C\C/C=C\C/C=C\CCCCCCCC. The van der Waals surface area contributed by atoms with Gasteiger partial charge >= 0.3 is 17.9 Å². The lowest BCUT2D eigenvalue weighted by Gasteiger charge is -2.18. The summed E-state index contributed by atoms with van der Waals surface area (Å²) in [5.74, 6) is -1.17. The van der Waals surface area contributed by atoms with Crippen molar-refractivity contribution in [2.45, 2.75) is 194 Å². The molecule has 0 rings (SSSR count). The molecule has 0 saturated carbocycles. The van der Waals surface area contributed by atoms with Crippen LogP contribution < -0.4 is 0 Å². The van der Waals surface area contributed by atoms with Crippen molar-refractivity contribution in [3.05, 3.63) is 134 Å². The lowest BCUT2D eigenvalue weighted by Crippen LogP contribution is -2.30. The molecule has 1 atom stereocenters. The molecule has 352 valence electrons. The van der Waals surface area contributed by atoms with Gasteiger partial charge in [0.25, 0.3) is 0 Å². The second-order valence-corrected chi connectivity index (χ2v) is 15.6. The fourth-order valence-electron chi connectivity index (χ4n) is 6.01. The highest BCUT2D eigenvalue weighted by Crippen LogP contribution is 2.10. The molecule has 6 nitrogen and oxygen atoms in total. The zero-order valence-electron chi connectivity index (χ0n) is 40.0. The minimum absolute atomic E-state index is 0.112. The molecule has 0 aromatic carbocycles. The minimum Gasteiger partial charge on any atom is -0.462 e. The van der Waals surface area contributed by atoms with Gasteiger partial charge in [-0.15, -0.1) is 0 Å². The van der Waals surface area contributed by atoms with Crippen molar-refractivity contribution in [2.75, 3.05) is 13.2 Å². The molecule has 0 heterocycles. The normalized spacial score (nSPS) is 13.3. The number of unbranched alkanes of at least 4 members (excludes halogenated alkanes) is 10. The van der Waals surface area contributed by atoms with E-state index in [0.717, 1.165) is 96.3 Å². The lowest BCUT2D eigenvalue weighted by molar-refractivity contribution is -0.166. The van der Waals surface area contributed by atoms with Crippen LogP contribution in [0.5, 0.6) is 0 Å². The third-order valence-corrected chi connectivity index (χ3v) is 9.65. The molecule has 0 amide bonds. The molecule has 0 spiro atoms. The fraction of sp³-hybridized carbons (Fsp3) is 0.561. The maximum atomic E-state index is 12.7. The van der Waals surface area contributed by atoms with Crippen molar-refractivity contribution in [2.24, 2.45) is 0 Å². The van der Waals surface area contributed by atoms with Crippen LogP contribution in [0.2, 0.25) is 0 Å². The van der Waals surface area contributed by atoms with Crippen LogP contribution in [0.4, 0.5) is 0 Å². The van der Waals surface area contributed by atoms with Crippen molar-refractivity contribution >= 4 is 17.9 Å². The number of hydrogen-bond donors (Lipinski definition) is 0. The molecule has 0 aliphatic heterocycles. The summed E-state index contributed by atoms with van der Waals surface area (Å²) in [4.78, 5) is 37.7. The number of carbonyl (C=O) groups excluding carboxylic acids is 3. The molecule has 0 saturated heterocycles. The van der Waals surface area contributed by atoms with E-state index in [1.807, 2.05) is 6.08 Å². The van der Waals surface area contributed by atoms with Crippen molar-refractivity contribution in [3.8, 4) is 0 Å². The van der Waals surface area contributed by atoms with Crippen LogP contribution in [-0.4, -0.2) is 37.2 Å². The summed E-state index contributed by atoms with van der Waals surface area (Å²) < 4.78 is 16.5. The van der Waals surface area contributed by atoms with Gasteiger partial charge in [-0.3, -0.25) is 14.4 Å². The Bertz CT molecular complexity index is 1420. The molecule has 6 heteroatoms. The Balaban J connectivity index is 4.55. The molecule has 63 heavy (non-hydrogen) atoms. The van der Waals surface area contributed by atoms with Crippen molar-refractivity contribution in [1.29, 1.82) is 0 Å². The highest BCUT2D eigenvalue weighted by Gasteiger charge is 2.19. The summed E-state index contributed by atoms with van der Waals surface area (Å²) in [7, 11) is 0. The maximum Gasteiger partial charge on any atom is 0.309 e. The molecule has 0 aliphatic rings. The van der Waals surface area contributed by atoms with Gasteiger partial charge in [-0.1, -0.05) is 193 Å². The van der Waals surface area contributed by atoms with Crippen LogP contribution in [-0.2, 0) is 28.6 Å². The zero-order valence-corrected chi connectivity index (χ0v) is 40.0. The Morgan fingerprint density at radius 1 is 0.349 bits per heavy atom. The number of rotatable bonds is 42. The van der Waals surface area contributed by atoms with E-state index in [2.05, 4.69) is 142 Å². The van der Waals surface area contributed by atoms with Gasteiger partial charge in [0.05, 0.1) is 6.42 Å². The van der Waals surface area contributed by atoms with E-state index < -0.39 is 18.0 Å². The quantitative estimate of drug-likeness (QED) is 0.0263. The van der Waals surface area contributed by atoms with E-state index in [1.54, 1.807) is 6.08 Å². The third kappa shape index (κ3) is 48.4. The average Bonchev–Trinajstić information content (AvgIpc) is 3.28. The van der Waals surface area contributed by atoms with Crippen LogP contribution in [0, 0.1) is 0 Å². The summed E-state index contributed by atoms with van der Waals surface area (Å²) in [5, 5.41) is 0. The highest BCUT2D eigenvalue weighted by atomic mass is 16.6. The first-order valence-electron chi connectivity index (χ1n) is 24.7. The van der Waals surface area contributed by atoms with Gasteiger partial charge in [-0.05, 0) is 109 Å². The van der Waals surface area contributed by atoms with E-state index in [-0.39, 0.29) is 38.4 Å². The van der Waals surface area contributed by atoms with E-state index >= 15 is 0 Å². The number of carbonyl (C=O) groups is 3. The third-order valence-electron chi connectivity index (χ3n) is 9.65. The molecule has 0 aromatic rings. The van der Waals surface area contributed by atoms with Gasteiger partial charge in [0.2, 0.25) is 0 Å². The Kier molecular flexibility index (Phi) is 46.7. The molecule has 0 N–H and O–H groups in total. The number of ether oxygens (including phenoxy) is 3. The van der Waals surface area contributed by atoms with Crippen LogP contribution in [0.25, 0.3) is 0 Å². The first kappa shape index (κ1) is 58.6. The monoisotopic (exact) mass is 869 g/mol. The lowest BCUT2D eigenvalue weighted by atomic mass is 10.1. The fourth-order valence-corrected chi connectivity index (χ4v) is 6.01. The summed E-state index contributed by atoms with van der Waals surface area (Å²) in [6.45, 7) is 6.20. The van der Waals surface area contributed by atoms with E-state index in [0.29, 0.717) is 6.42 Å². The Morgan fingerprint density at radius 2 is 0.698 bits per heavy atom. The van der Waals surface area contributed by atoms with E-state index in [4.69, 9.17) is 14.2 Å². The summed E-state index contributed by atoms with van der Waals surface area (Å²) in [6.07, 6.45) is 70.5. The molecule has 0 fully saturated rings. The molecule has 1 unspecified atom stereocenters. The summed E-state index contributed by atoms with van der Waals surface area (Å²) in [5.41, 5.74) is 0. The average molecular weight is 869 g/mol. The van der Waals surface area contributed by atoms with Crippen LogP contribution in [0.15, 0.2) is 134 Å². The molecular weight excluding hydrogens is 781 g/mol. The van der Waals surface area contributed by atoms with Crippen LogP contribution in [0.1, 0.15) is 188 Å². The van der Waals surface area contributed by atoms with Crippen molar-refractivity contribution < 1.29 is 28.6 Å². The van der Waals surface area contributed by atoms with Crippen molar-refractivity contribution in [1.82, 2.24) is 0 Å². The van der Waals surface area contributed by atoms with E-state index in [1.165, 1.54) is 44.9 Å². The topological polar surface area (TPSA) is 78.9 Å². The summed E-state index contributed by atoms with van der Waals surface area (Å²) in [6, 6.07) is 0. The molecule has 0 aliphatic carbocycles. The Morgan fingerprint density at radius 3 is 1.16 bits per heavy atom. The second kappa shape index (κ2) is 50.2. The van der Waals surface area contributed by atoms with Gasteiger partial charge < -0.3 is 14.2 Å². The first-order chi connectivity index (χ1) is 31.0. The van der Waals surface area contributed by atoms with E-state index in [9.17, 15) is 14.4 Å². The van der Waals surface area contributed by atoms with Gasteiger partial charge in [0.1, 0.15) is 13.2 Å². The van der Waals surface area contributed by atoms with Gasteiger partial charge in [-0.2, -0.15) is 0 Å². The largest absolute Gasteiger partial charge is 0.462 e. The number of hydrogen-bond acceptors (Lipinski definition) is 6. The summed E-state index contributed by atoms with van der Waals surface area (Å²) >= 11 is 0. The number of allylic oxidation sites excluding steroid dienone is 21. The maximum absolute atomic E-state index is 12.7. The standard InChI is InChI=1S/C57H88O6/c1-4-7-10-13-16-19-21-23-25-27-28-30-31-33-35-38-41-44-47-50-56(59)62-53-54(52-61-55(58)49-46-43-40-37-18-15-12-9-6-3)63-57(60)51-48-45-42-39-36-34-32-29-26-24-22-20-17-14-11-8-5-2/h7,9-10,12,16,18-19,23-26,28,30,32-35,37,39,42-43,46,54H,4-6,8,11,13-15,17,20-22,27,29,31,36,38,40-41,44-45,47-53H2,1-3H3/b10-7-,12-9-,19-16-,25-23-,26-24-,30-28-,34-32-,35-33-,37-18-,42-39-,46-43-. The van der Waals surface area contributed by atoms with Crippen LogP contribution in [0.3, 0.4) is 0 Å². The zero-order chi connectivity index (χ0) is 45.8. The highest BCUT2D eigenvalue weighted by molar-refractivity contribution is 5.72. The molecule has 0 bridgehead atoms. The van der Waals surface area contributed by atoms with Gasteiger partial charge in [0, 0.05) is 12.8 Å². The van der Waals surface area contributed by atoms with Gasteiger partial charge in [-0.25, -0.2) is 0 Å². The first-order valence-corrected chi connectivity index (χ1v) is 24.7. The number of esters is 3. The minimum atomic E-state index is -0.857. The van der Waals surface area contributed by atoms with Crippen LogP contribution >= 0.6 is 0 Å². The Labute approximate surface area is 385 Å². The van der Waals surface area contributed by atoms with Crippen molar-refractivity contribution in [3.63, 3.8) is 0 Å². The molecule has 0 radical (unpaired) electrons. The smallest absolute Gasteiger partial charge is 0.309 e. The molecule has 0 aromatic heterocycles.